The molecule has 0 radical (unpaired) electrons. The maximum absolute atomic E-state index is 12.7. The van der Waals surface area contributed by atoms with E-state index in [2.05, 4.69) is 9.97 Å². The molecule has 3 aromatic rings. The maximum atomic E-state index is 12.7. The van der Waals surface area contributed by atoms with E-state index in [4.69, 9.17) is 11.6 Å². The normalized spacial score (nSPS) is 11.0. The lowest BCUT2D eigenvalue weighted by atomic mass is 10.3. The lowest BCUT2D eigenvalue weighted by Crippen LogP contribution is -2.28. The molecular formula is C14H13ClN4OS. The van der Waals surface area contributed by atoms with Crippen LogP contribution in [0.3, 0.4) is 0 Å². The van der Waals surface area contributed by atoms with Crippen molar-refractivity contribution >= 4 is 34.5 Å². The van der Waals surface area contributed by atoms with Crippen molar-refractivity contribution < 1.29 is 4.79 Å². The summed E-state index contributed by atoms with van der Waals surface area (Å²) >= 11 is 7.53. The molecule has 7 heteroatoms. The predicted molar refractivity (Wildman–Crippen MR) is 82.9 cm³/mol. The second-order valence-corrected chi connectivity index (χ2v) is 5.92. The zero-order valence-corrected chi connectivity index (χ0v) is 13.1. The van der Waals surface area contributed by atoms with Gasteiger partial charge in [0.25, 0.3) is 5.91 Å². The number of hydrogen-bond acceptors (Lipinski definition) is 4. The number of nitrogens with zero attached hydrogens (tertiary/aromatic N) is 4. The Morgan fingerprint density at radius 2 is 2.29 bits per heavy atom. The van der Waals surface area contributed by atoms with Crippen LogP contribution in [0.4, 0.5) is 0 Å². The molecule has 0 atom stereocenters. The summed E-state index contributed by atoms with van der Waals surface area (Å²) in [6.07, 6.45) is 1.71. The third kappa shape index (κ3) is 2.64. The van der Waals surface area contributed by atoms with Crippen LogP contribution >= 0.6 is 22.9 Å². The Morgan fingerprint density at radius 1 is 1.48 bits per heavy atom. The average Bonchev–Trinajstić information content (AvgIpc) is 3.04. The molecule has 0 spiro atoms. The summed E-state index contributed by atoms with van der Waals surface area (Å²) in [5, 5.41) is 2.50. The molecule has 0 aromatic carbocycles. The Balaban J connectivity index is 1.97. The summed E-state index contributed by atoms with van der Waals surface area (Å²) in [6, 6.07) is 3.56. The van der Waals surface area contributed by atoms with Gasteiger partial charge in [-0.2, -0.15) is 0 Å². The molecule has 0 unspecified atom stereocenters. The van der Waals surface area contributed by atoms with Gasteiger partial charge in [-0.25, -0.2) is 9.97 Å². The van der Waals surface area contributed by atoms with E-state index in [9.17, 15) is 4.79 Å². The number of carbonyl (C=O) groups excluding carboxylic acids is 1. The molecule has 3 heterocycles. The fraction of sp³-hybridized carbons (Fsp3) is 0.214. The third-order valence-corrected chi connectivity index (χ3v) is 4.05. The fourth-order valence-electron chi connectivity index (χ4n) is 2.21. The van der Waals surface area contributed by atoms with Gasteiger partial charge in [-0.05, 0) is 19.1 Å². The molecular weight excluding hydrogens is 308 g/mol. The molecule has 0 saturated carbocycles. The number of halogens is 1. The van der Waals surface area contributed by atoms with Gasteiger partial charge in [0.15, 0.2) is 0 Å². The second-order valence-electron chi connectivity index (χ2n) is 4.76. The van der Waals surface area contributed by atoms with Gasteiger partial charge < -0.3 is 4.90 Å². The number of hydrogen-bond donors (Lipinski definition) is 0. The third-order valence-electron chi connectivity index (χ3n) is 3.19. The van der Waals surface area contributed by atoms with Gasteiger partial charge in [0.1, 0.15) is 11.3 Å². The van der Waals surface area contributed by atoms with Crippen molar-refractivity contribution in [1.29, 1.82) is 0 Å². The fourth-order valence-corrected chi connectivity index (χ4v) is 2.92. The Morgan fingerprint density at radius 3 is 3.00 bits per heavy atom. The summed E-state index contributed by atoms with van der Waals surface area (Å²) < 4.78 is 1.73. The van der Waals surface area contributed by atoms with Crippen LogP contribution in [0.25, 0.3) is 5.65 Å². The molecule has 5 nitrogen and oxygen atoms in total. The monoisotopic (exact) mass is 320 g/mol. The van der Waals surface area contributed by atoms with Gasteiger partial charge in [-0.15, -0.1) is 11.3 Å². The minimum atomic E-state index is -0.102. The van der Waals surface area contributed by atoms with E-state index in [1.54, 1.807) is 40.2 Å². The lowest BCUT2D eigenvalue weighted by Gasteiger charge is -2.16. The Bertz CT molecular complexity index is 797. The molecule has 0 aliphatic carbocycles. The first-order chi connectivity index (χ1) is 10.1. The van der Waals surface area contributed by atoms with Gasteiger partial charge in [0.05, 0.1) is 28.5 Å². The summed E-state index contributed by atoms with van der Waals surface area (Å²) in [7, 11) is 1.76. The zero-order chi connectivity index (χ0) is 15.0. The molecule has 0 bridgehead atoms. The van der Waals surface area contributed by atoms with Crippen molar-refractivity contribution in [1.82, 2.24) is 19.3 Å². The second kappa shape index (κ2) is 5.46. The number of carbonyl (C=O) groups is 1. The molecule has 0 saturated heterocycles. The van der Waals surface area contributed by atoms with Gasteiger partial charge in [0.2, 0.25) is 0 Å². The van der Waals surface area contributed by atoms with E-state index in [-0.39, 0.29) is 5.91 Å². The molecule has 21 heavy (non-hydrogen) atoms. The van der Waals surface area contributed by atoms with E-state index >= 15 is 0 Å². The van der Waals surface area contributed by atoms with Crippen LogP contribution in [-0.4, -0.2) is 32.2 Å². The highest BCUT2D eigenvalue weighted by Crippen LogP contribution is 2.18. The van der Waals surface area contributed by atoms with Crippen molar-refractivity contribution in [3.63, 3.8) is 0 Å². The first-order valence-corrected chi connectivity index (χ1v) is 7.65. The average molecular weight is 321 g/mol. The molecule has 3 rings (SSSR count). The first kappa shape index (κ1) is 14.0. The van der Waals surface area contributed by atoms with Crippen LogP contribution < -0.4 is 0 Å². The Kier molecular flexibility index (Phi) is 3.65. The van der Waals surface area contributed by atoms with Crippen LogP contribution in [-0.2, 0) is 6.54 Å². The Hall–Kier alpha value is -1.92. The molecule has 1 amide bonds. The summed E-state index contributed by atoms with van der Waals surface area (Å²) in [6.45, 7) is 2.29. The first-order valence-electron chi connectivity index (χ1n) is 6.33. The number of imidazole rings is 1. The summed E-state index contributed by atoms with van der Waals surface area (Å²) in [4.78, 5) is 22.9. The van der Waals surface area contributed by atoms with E-state index in [0.717, 1.165) is 5.69 Å². The quantitative estimate of drug-likeness (QED) is 0.745. The number of amides is 1. The molecule has 0 aliphatic rings. The standard InChI is InChI=1S/C14H13ClN4OS/c1-9-13(19-5-10(15)3-4-12(19)17-9)14(20)18(2)6-11-7-21-8-16-11/h3-5,7-8H,6H2,1-2H3. The van der Waals surface area contributed by atoms with Crippen molar-refractivity contribution in [2.24, 2.45) is 0 Å². The summed E-state index contributed by atoms with van der Waals surface area (Å²) in [5.41, 5.74) is 4.56. The molecule has 0 N–H and O–H groups in total. The van der Waals surface area contributed by atoms with Gasteiger partial charge in [-0.3, -0.25) is 9.20 Å². The SMILES string of the molecule is Cc1nc2ccc(Cl)cn2c1C(=O)N(C)Cc1cscn1. The maximum Gasteiger partial charge on any atom is 0.272 e. The summed E-state index contributed by atoms with van der Waals surface area (Å²) in [5.74, 6) is -0.102. The van der Waals surface area contributed by atoms with Crippen LogP contribution in [0.5, 0.6) is 0 Å². The molecule has 108 valence electrons. The smallest absolute Gasteiger partial charge is 0.272 e. The predicted octanol–water partition coefficient (Wildman–Crippen LogP) is 3.02. The van der Waals surface area contributed by atoms with Crippen LogP contribution in [0, 0.1) is 6.92 Å². The number of pyridine rings is 1. The van der Waals surface area contributed by atoms with Crippen molar-refractivity contribution in [3.05, 3.63) is 51.3 Å². The van der Waals surface area contributed by atoms with Crippen molar-refractivity contribution in [3.8, 4) is 0 Å². The highest BCUT2D eigenvalue weighted by atomic mass is 35.5. The van der Waals surface area contributed by atoms with Gasteiger partial charge in [-0.1, -0.05) is 11.6 Å². The van der Waals surface area contributed by atoms with Gasteiger partial charge >= 0.3 is 0 Å². The van der Waals surface area contributed by atoms with E-state index in [0.29, 0.717) is 28.6 Å². The number of aromatic nitrogens is 3. The zero-order valence-electron chi connectivity index (χ0n) is 11.6. The highest BCUT2D eigenvalue weighted by Gasteiger charge is 2.20. The van der Waals surface area contributed by atoms with Crippen LogP contribution in [0.1, 0.15) is 21.9 Å². The van der Waals surface area contributed by atoms with Gasteiger partial charge in [0, 0.05) is 18.6 Å². The van der Waals surface area contributed by atoms with E-state index < -0.39 is 0 Å². The van der Waals surface area contributed by atoms with Crippen LogP contribution in [0.2, 0.25) is 5.02 Å². The largest absolute Gasteiger partial charge is 0.334 e. The minimum absolute atomic E-state index is 0.102. The van der Waals surface area contributed by atoms with E-state index in [1.165, 1.54) is 11.3 Å². The minimum Gasteiger partial charge on any atom is -0.334 e. The highest BCUT2D eigenvalue weighted by molar-refractivity contribution is 7.07. The Labute approximate surface area is 130 Å². The number of fused-ring (bicyclic) bond motifs is 1. The van der Waals surface area contributed by atoms with E-state index in [1.807, 2.05) is 12.3 Å². The number of aryl methyl sites for hydroxylation is 1. The van der Waals surface area contributed by atoms with Crippen LogP contribution in [0.15, 0.2) is 29.2 Å². The molecule has 0 aliphatic heterocycles. The van der Waals surface area contributed by atoms with Crippen molar-refractivity contribution in [2.45, 2.75) is 13.5 Å². The molecule has 3 aromatic heterocycles. The topological polar surface area (TPSA) is 50.5 Å². The lowest BCUT2D eigenvalue weighted by molar-refractivity contribution is 0.0776. The number of thiazole rings is 1. The molecule has 0 fully saturated rings. The number of rotatable bonds is 3. The van der Waals surface area contributed by atoms with Crippen molar-refractivity contribution in [2.75, 3.05) is 7.05 Å².